The molecule has 3 rings (SSSR count). The number of aliphatic hydroxyl groups is 1. The van der Waals surface area contributed by atoms with Crippen LogP contribution in [0.5, 0.6) is 0 Å². The van der Waals surface area contributed by atoms with E-state index in [0.717, 1.165) is 44.8 Å². The molecule has 2 heterocycles. The van der Waals surface area contributed by atoms with Crippen LogP contribution in [0, 0.1) is 0 Å². The summed E-state index contributed by atoms with van der Waals surface area (Å²) in [5, 5.41) is 10.7. The molecule has 26 heavy (non-hydrogen) atoms. The van der Waals surface area contributed by atoms with Crippen molar-refractivity contribution in [3.8, 4) is 0 Å². The molecule has 1 atom stereocenters. The molecule has 0 aromatic heterocycles. The van der Waals surface area contributed by atoms with Gasteiger partial charge in [0.2, 0.25) is 5.91 Å². The second-order valence-corrected chi connectivity index (χ2v) is 8.96. The van der Waals surface area contributed by atoms with E-state index in [4.69, 9.17) is 0 Å². The fourth-order valence-electron chi connectivity index (χ4n) is 3.95. The summed E-state index contributed by atoms with van der Waals surface area (Å²) in [6.45, 7) is 14.5. The predicted molar refractivity (Wildman–Crippen MR) is 104 cm³/mol. The van der Waals surface area contributed by atoms with Gasteiger partial charge in [0.25, 0.3) is 0 Å². The smallest absolute Gasteiger partial charge is 0.225 e. The summed E-state index contributed by atoms with van der Waals surface area (Å²) < 4.78 is 0. The molecule has 2 fully saturated rings. The number of benzene rings is 1. The van der Waals surface area contributed by atoms with E-state index in [9.17, 15) is 9.90 Å². The molecule has 0 bridgehead atoms. The molecule has 5 heteroatoms. The van der Waals surface area contributed by atoms with Crippen molar-refractivity contribution in [2.45, 2.75) is 51.3 Å². The molecule has 5 nitrogen and oxygen atoms in total. The Kier molecular flexibility index (Phi) is 5.42. The van der Waals surface area contributed by atoms with E-state index in [1.54, 1.807) is 6.92 Å². The second kappa shape index (κ2) is 7.29. The van der Waals surface area contributed by atoms with Crippen LogP contribution >= 0.6 is 0 Å². The van der Waals surface area contributed by atoms with Crippen molar-refractivity contribution >= 4 is 5.91 Å². The number of nitrogens with zero attached hydrogens (tertiary/aromatic N) is 3. The zero-order valence-electron chi connectivity index (χ0n) is 16.6. The molecule has 1 amide bonds. The average molecular weight is 360 g/mol. The first-order valence-electron chi connectivity index (χ1n) is 9.71. The minimum atomic E-state index is -1.11. The van der Waals surface area contributed by atoms with Gasteiger partial charge in [-0.1, -0.05) is 30.3 Å². The lowest BCUT2D eigenvalue weighted by Crippen LogP contribution is -2.65. The van der Waals surface area contributed by atoms with Crippen LogP contribution in [0.2, 0.25) is 0 Å². The summed E-state index contributed by atoms with van der Waals surface area (Å²) in [5.41, 5.74) is -0.0814. The minimum Gasteiger partial charge on any atom is -0.385 e. The van der Waals surface area contributed by atoms with E-state index in [-0.39, 0.29) is 17.9 Å². The summed E-state index contributed by atoms with van der Waals surface area (Å²) in [6.07, 6.45) is 0.140. The number of carbonyl (C=O) groups is 1. The van der Waals surface area contributed by atoms with Gasteiger partial charge in [0.15, 0.2) is 0 Å². The maximum atomic E-state index is 12.6. The van der Waals surface area contributed by atoms with Crippen molar-refractivity contribution in [3.05, 3.63) is 35.9 Å². The molecule has 2 aliphatic rings. The van der Waals surface area contributed by atoms with E-state index in [1.807, 2.05) is 35.2 Å². The average Bonchev–Trinajstić information content (AvgIpc) is 2.53. The Labute approximate surface area is 157 Å². The van der Waals surface area contributed by atoms with E-state index in [1.165, 1.54) is 0 Å². The van der Waals surface area contributed by atoms with Crippen molar-refractivity contribution in [1.29, 1.82) is 0 Å². The monoisotopic (exact) mass is 359 g/mol. The highest BCUT2D eigenvalue weighted by molar-refractivity contribution is 5.78. The van der Waals surface area contributed by atoms with Gasteiger partial charge >= 0.3 is 0 Å². The first-order valence-corrected chi connectivity index (χ1v) is 9.71. The van der Waals surface area contributed by atoms with Crippen molar-refractivity contribution in [2.75, 3.05) is 39.3 Å². The van der Waals surface area contributed by atoms with Crippen LogP contribution in [0.1, 0.15) is 39.7 Å². The number of carbonyl (C=O) groups excluding carboxylic acids is 1. The SMILES string of the molecule is CC(O)(CC(=O)N1CC(N2CCN(C(C)(C)C)CC2)C1)c1ccccc1. The minimum absolute atomic E-state index is 0.0448. The Morgan fingerprint density at radius 1 is 1.04 bits per heavy atom. The highest BCUT2D eigenvalue weighted by atomic mass is 16.3. The number of likely N-dealkylation sites (tertiary alicyclic amines) is 1. The number of amides is 1. The number of hydrogen-bond donors (Lipinski definition) is 1. The zero-order valence-corrected chi connectivity index (χ0v) is 16.6. The fourth-order valence-corrected chi connectivity index (χ4v) is 3.95. The van der Waals surface area contributed by atoms with E-state index in [2.05, 4.69) is 30.6 Å². The normalized spacial score (nSPS) is 22.7. The molecule has 144 valence electrons. The van der Waals surface area contributed by atoms with Crippen LogP contribution in [0.25, 0.3) is 0 Å². The van der Waals surface area contributed by atoms with Gasteiger partial charge in [-0.25, -0.2) is 0 Å². The van der Waals surface area contributed by atoms with Crippen LogP contribution < -0.4 is 0 Å². The van der Waals surface area contributed by atoms with Crippen LogP contribution in [0.15, 0.2) is 30.3 Å². The topological polar surface area (TPSA) is 47.0 Å². The molecule has 1 unspecified atom stereocenters. The first-order chi connectivity index (χ1) is 12.2. The molecule has 1 N–H and O–H groups in total. The van der Waals surface area contributed by atoms with Crippen LogP contribution in [0.4, 0.5) is 0 Å². The largest absolute Gasteiger partial charge is 0.385 e. The molecule has 1 aromatic carbocycles. The Morgan fingerprint density at radius 3 is 2.15 bits per heavy atom. The lowest BCUT2D eigenvalue weighted by atomic mass is 9.91. The third kappa shape index (κ3) is 4.27. The Bertz CT molecular complexity index is 610. The fraction of sp³-hybridized carbons (Fsp3) is 0.667. The third-order valence-corrected chi connectivity index (χ3v) is 5.89. The van der Waals surface area contributed by atoms with Gasteiger partial charge in [-0.2, -0.15) is 0 Å². The number of rotatable bonds is 4. The van der Waals surface area contributed by atoms with Gasteiger partial charge in [-0.05, 0) is 33.3 Å². The van der Waals surface area contributed by atoms with Crippen LogP contribution in [0.3, 0.4) is 0 Å². The molecular weight excluding hydrogens is 326 g/mol. The maximum Gasteiger partial charge on any atom is 0.225 e. The van der Waals surface area contributed by atoms with Gasteiger partial charge in [-0.3, -0.25) is 14.6 Å². The first kappa shape index (κ1) is 19.3. The molecule has 0 radical (unpaired) electrons. The highest BCUT2D eigenvalue weighted by Gasteiger charge is 2.39. The van der Waals surface area contributed by atoms with E-state index >= 15 is 0 Å². The van der Waals surface area contributed by atoms with Gasteiger partial charge in [-0.15, -0.1) is 0 Å². The van der Waals surface area contributed by atoms with Crippen LogP contribution in [-0.4, -0.2) is 76.6 Å². The van der Waals surface area contributed by atoms with Gasteiger partial charge in [0, 0.05) is 50.8 Å². The summed E-state index contributed by atoms with van der Waals surface area (Å²) in [7, 11) is 0. The molecule has 0 aliphatic carbocycles. The van der Waals surface area contributed by atoms with E-state index in [0.29, 0.717) is 6.04 Å². The maximum absolute atomic E-state index is 12.6. The standard InChI is InChI=1S/C21H33N3O2/c1-20(2,3)24-12-10-22(11-13-24)18-15-23(16-18)19(25)14-21(4,26)17-8-6-5-7-9-17/h5-9,18,26H,10-16H2,1-4H3. The lowest BCUT2D eigenvalue weighted by molar-refractivity contribution is -0.144. The molecular formula is C21H33N3O2. The summed E-state index contributed by atoms with van der Waals surface area (Å²) >= 11 is 0. The third-order valence-electron chi connectivity index (χ3n) is 5.89. The predicted octanol–water partition coefficient (Wildman–Crippen LogP) is 1.91. The van der Waals surface area contributed by atoms with Crippen molar-refractivity contribution < 1.29 is 9.90 Å². The summed E-state index contributed by atoms with van der Waals surface area (Å²) in [4.78, 5) is 19.5. The second-order valence-electron chi connectivity index (χ2n) is 8.96. The van der Waals surface area contributed by atoms with Crippen molar-refractivity contribution in [2.24, 2.45) is 0 Å². The van der Waals surface area contributed by atoms with Gasteiger partial charge in [0.05, 0.1) is 12.0 Å². The molecule has 1 aromatic rings. The Hall–Kier alpha value is -1.43. The lowest BCUT2D eigenvalue weighted by Gasteiger charge is -2.50. The van der Waals surface area contributed by atoms with Crippen molar-refractivity contribution in [3.63, 3.8) is 0 Å². The molecule has 2 aliphatic heterocycles. The molecule has 0 saturated carbocycles. The van der Waals surface area contributed by atoms with Gasteiger partial charge in [0.1, 0.15) is 0 Å². The molecule has 0 spiro atoms. The quantitative estimate of drug-likeness (QED) is 0.892. The van der Waals surface area contributed by atoms with E-state index < -0.39 is 5.60 Å². The van der Waals surface area contributed by atoms with Gasteiger partial charge < -0.3 is 10.0 Å². The molecule has 2 saturated heterocycles. The Balaban J connectivity index is 1.46. The Morgan fingerprint density at radius 2 is 1.62 bits per heavy atom. The summed E-state index contributed by atoms with van der Waals surface area (Å²) in [5.74, 6) is 0.0448. The van der Waals surface area contributed by atoms with Crippen molar-refractivity contribution in [1.82, 2.24) is 14.7 Å². The highest BCUT2D eigenvalue weighted by Crippen LogP contribution is 2.27. The van der Waals surface area contributed by atoms with Crippen LogP contribution in [-0.2, 0) is 10.4 Å². The summed E-state index contributed by atoms with van der Waals surface area (Å²) in [6, 6.07) is 9.93. The number of piperazine rings is 1. The number of hydrogen-bond acceptors (Lipinski definition) is 4. The zero-order chi connectivity index (χ0) is 18.9.